The summed E-state index contributed by atoms with van der Waals surface area (Å²) < 4.78 is 48.6. The number of carbonyl (C=O) groups excluding carboxylic acids is 1. The monoisotopic (exact) mass is 305 g/mol. The topological polar surface area (TPSA) is 52.3 Å². The molecular formula is C14H18F3NO3. The molecule has 1 saturated carbocycles. The fraction of sp³-hybridized carbons (Fsp3) is 0.714. The van der Waals surface area contributed by atoms with Crippen LogP contribution in [0.1, 0.15) is 67.6 Å². The SMILES string of the molecule is CCOC(=O)c1oc(C2CCC(C)CC2)nc1C(F)(F)F. The van der Waals surface area contributed by atoms with E-state index in [0.29, 0.717) is 5.92 Å². The van der Waals surface area contributed by atoms with E-state index >= 15 is 0 Å². The van der Waals surface area contributed by atoms with Crippen molar-refractivity contribution < 1.29 is 27.1 Å². The second-order valence-corrected chi connectivity index (χ2v) is 5.40. The smallest absolute Gasteiger partial charge is 0.437 e. The molecule has 7 heteroatoms. The number of oxazole rings is 1. The molecule has 0 bridgehead atoms. The van der Waals surface area contributed by atoms with Crippen LogP contribution in [0.15, 0.2) is 4.42 Å². The third kappa shape index (κ3) is 3.57. The van der Waals surface area contributed by atoms with Crippen molar-refractivity contribution in [1.29, 1.82) is 0 Å². The maximum atomic E-state index is 13.0. The van der Waals surface area contributed by atoms with Crippen molar-refractivity contribution in [3.8, 4) is 0 Å². The molecule has 0 amide bonds. The Morgan fingerprint density at radius 3 is 2.48 bits per heavy atom. The van der Waals surface area contributed by atoms with Crippen LogP contribution in [-0.2, 0) is 10.9 Å². The van der Waals surface area contributed by atoms with E-state index in [1.807, 2.05) is 0 Å². The molecule has 4 nitrogen and oxygen atoms in total. The lowest BCUT2D eigenvalue weighted by atomic mass is 9.83. The van der Waals surface area contributed by atoms with E-state index in [1.165, 1.54) is 6.92 Å². The van der Waals surface area contributed by atoms with Crippen LogP contribution in [-0.4, -0.2) is 17.6 Å². The first-order valence-corrected chi connectivity index (χ1v) is 7.08. The van der Waals surface area contributed by atoms with E-state index in [1.54, 1.807) is 0 Å². The number of halogens is 3. The van der Waals surface area contributed by atoms with E-state index in [4.69, 9.17) is 4.42 Å². The third-order valence-corrected chi connectivity index (χ3v) is 3.74. The van der Waals surface area contributed by atoms with Gasteiger partial charge in [-0.05, 0) is 38.5 Å². The van der Waals surface area contributed by atoms with Gasteiger partial charge in [-0.15, -0.1) is 0 Å². The summed E-state index contributed by atoms with van der Waals surface area (Å²) in [6, 6.07) is 0. The van der Waals surface area contributed by atoms with Crippen LogP contribution in [0.2, 0.25) is 0 Å². The summed E-state index contributed by atoms with van der Waals surface area (Å²) in [7, 11) is 0. The predicted octanol–water partition coefficient (Wildman–Crippen LogP) is 4.16. The molecule has 1 aliphatic rings. The fourth-order valence-corrected chi connectivity index (χ4v) is 2.55. The zero-order valence-electron chi connectivity index (χ0n) is 12.0. The third-order valence-electron chi connectivity index (χ3n) is 3.74. The summed E-state index contributed by atoms with van der Waals surface area (Å²) in [6.07, 6.45) is -1.44. The Morgan fingerprint density at radius 2 is 1.95 bits per heavy atom. The van der Waals surface area contributed by atoms with E-state index in [-0.39, 0.29) is 18.4 Å². The van der Waals surface area contributed by atoms with Gasteiger partial charge < -0.3 is 9.15 Å². The lowest BCUT2D eigenvalue weighted by molar-refractivity contribution is -0.141. The number of nitrogens with zero attached hydrogens (tertiary/aromatic N) is 1. The summed E-state index contributed by atoms with van der Waals surface area (Å²) in [5.74, 6) is -1.56. The van der Waals surface area contributed by atoms with Gasteiger partial charge in [0, 0.05) is 5.92 Å². The largest absolute Gasteiger partial charge is 0.460 e. The van der Waals surface area contributed by atoms with Crippen molar-refractivity contribution in [1.82, 2.24) is 4.98 Å². The molecular weight excluding hydrogens is 287 g/mol. The number of esters is 1. The Labute approximate surface area is 120 Å². The first-order valence-electron chi connectivity index (χ1n) is 7.08. The molecule has 1 aromatic heterocycles. The minimum atomic E-state index is -4.73. The Kier molecular flexibility index (Phi) is 4.58. The highest BCUT2D eigenvalue weighted by Crippen LogP contribution is 2.39. The van der Waals surface area contributed by atoms with Crippen LogP contribution in [0.3, 0.4) is 0 Å². The lowest BCUT2D eigenvalue weighted by Gasteiger charge is -2.23. The van der Waals surface area contributed by atoms with Crippen molar-refractivity contribution in [3.63, 3.8) is 0 Å². The quantitative estimate of drug-likeness (QED) is 0.787. The number of alkyl halides is 3. The number of ether oxygens (including phenoxy) is 1. The highest BCUT2D eigenvalue weighted by atomic mass is 19.4. The van der Waals surface area contributed by atoms with E-state index in [9.17, 15) is 18.0 Å². The molecule has 21 heavy (non-hydrogen) atoms. The summed E-state index contributed by atoms with van der Waals surface area (Å²) in [5, 5.41) is 0. The molecule has 1 aliphatic carbocycles. The first-order chi connectivity index (χ1) is 9.82. The Hall–Kier alpha value is -1.53. The van der Waals surface area contributed by atoms with Crippen LogP contribution in [0.4, 0.5) is 13.2 Å². The Morgan fingerprint density at radius 1 is 1.33 bits per heavy atom. The van der Waals surface area contributed by atoms with Gasteiger partial charge in [-0.25, -0.2) is 9.78 Å². The first kappa shape index (κ1) is 15.9. The number of hydrogen-bond donors (Lipinski definition) is 0. The van der Waals surface area contributed by atoms with Crippen LogP contribution in [0, 0.1) is 5.92 Å². The summed E-state index contributed by atoms with van der Waals surface area (Å²) in [6.45, 7) is 3.61. The van der Waals surface area contributed by atoms with Gasteiger partial charge in [0.2, 0.25) is 5.76 Å². The minimum absolute atomic E-state index is 0.00252. The molecule has 1 fully saturated rings. The van der Waals surface area contributed by atoms with Gasteiger partial charge >= 0.3 is 12.1 Å². The highest BCUT2D eigenvalue weighted by molar-refractivity contribution is 5.87. The van der Waals surface area contributed by atoms with Crippen molar-refractivity contribution in [3.05, 3.63) is 17.3 Å². The van der Waals surface area contributed by atoms with Crippen LogP contribution >= 0.6 is 0 Å². The molecule has 0 aromatic carbocycles. The molecule has 118 valence electrons. The minimum Gasteiger partial charge on any atom is -0.460 e. The summed E-state index contributed by atoms with van der Waals surface area (Å²) in [4.78, 5) is 15.1. The van der Waals surface area contributed by atoms with Crippen LogP contribution < -0.4 is 0 Å². The molecule has 0 N–H and O–H groups in total. The number of carbonyl (C=O) groups is 1. The van der Waals surface area contributed by atoms with Gasteiger partial charge in [0.25, 0.3) is 0 Å². The molecule has 0 atom stereocenters. The standard InChI is InChI=1S/C14H18F3NO3/c1-3-20-13(19)10-11(14(15,16)17)18-12(21-10)9-6-4-8(2)5-7-9/h8-9H,3-7H2,1-2H3. The normalized spacial score (nSPS) is 23.1. The maximum absolute atomic E-state index is 13.0. The number of rotatable bonds is 3. The average Bonchev–Trinajstić information content (AvgIpc) is 2.85. The molecule has 2 rings (SSSR count). The number of hydrogen-bond acceptors (Lipinski definition) is 4. The lowest BCUT2D eigenvalue weighted by Crippen LogP contribution is -2.14. The summed E-state index contributed by atoms with van der Waals surface area (Å²) >= 11 is 0. The number of aromatic nitrogens is 1. The summed E-state index contributed by atoms with van der Waals surface area (Å²) in [5.41, 5.74) is -1.28. The molecule has 0 aliphatic heterocycles. The molecule has 0 spiro atoms. The molecule has 0 saturated heterocycles. The van der Waals surface area contributed by atoms with Crippen molar-refractivity contribution in [2.24, 2.45) is 5.92 Å². The van der Waals surface area contributed by atoms with Gasteiger partial charge in [-0.1, -0.05) is 6.92 Å². The van der Waals surface area contributed by atoms with Crippen LogP contribution in [0.25, 0.3) is 0 Å². The second kappa shape index (κ2) is 6.07. The molecule has 1 heterocycles. The van der Waals surface area contributed by atoms with Crippen molar-refractivity contribution in [2.45, 2.75) is 51.6 Å². The molecule has 1 aromatic rings. The van der Waals surface area contributed by atoms with E-state index in [2.05, 4.69) is 16.6 Å². The zero-order valence-corrected chi connectivity index (χ0v) is 12.0. The van der Waals surface area contributed by atoms with Gasteiger partial charge in [-0.2, -0.15) is 13.2 Å². The van der Waals surface area contributed by atoms with Gasteiger partial charge in [0.15, 0.2) is 11.6 Å². The Balaban J connectivity index is 2.30. The second-order valence-electron chi connectivity index (χ2n) is 5.40. The van der Waals surface area contributed by atoms with E-state index in [0.717, 1.165) is 25.7 Å². The predicted molar refractivity (Wildman–Crippen MR) is 67.8 cm³/mol. The molecule has 0 radical (unpaired) electrons. The van der Waals surface area contributed by atoms with Crippen LogP contribution in [0.5, 0.6) is 0 Å². The fourth-order valence-electron chi connectivity index (χ4n) is 2.55. The molecule has 0 unspecified atom stereocenters. The average molecular weight is 305 g/mol. The maximum Gasteiger partial charge on any atom is 0.437 e. The zero-order chi connectivity index (χ0) is 15.6. The van der Waals surface area contributed by atoms with Gasteiger partial charge in [0.1, 0.15) is 0 Å². The van der Waals surface area contributed by atoms with Gasteiger partial charge in [0.05, 0.1) is 6.61 Å². The van der Waals surface area contributed by atoms with Crippen molar-refractivity contribution in [2.75, 3.05) is 6.61 Å². The van der Waals surface area contributed by atoms with Gasteiger partial charge in [-0.3, -0.25) is 0 Å². The Bertz CT molecular complexity index is 502. The van der Waals surface area contributed by atoms with E-state index < -0.39 is 23.6 Å². The highest BCUT2D eigenvalue weighted by Gasteiger charge is 2.42. The van der Waals surface area contributed by atoms with Crippen molar-refractivity contribution >= 4 is 5.97 Å².